The van der Waals surface area contributed by atoms with Crippen LogP contribution in [0.1, 0.15) is 42.5 Å². The van der Waals surface area contributed by atoms with E-state index in [9.17, 15) is 14.3 Å². The monoisotopic (exact) mass is 498 g/mol. The van der Waals surface area contributed by atoms with Crippen molar-refractivity contribution in [2.24, 2.45) is 0 Å². The first kappa shape index (κ1) is 24.8. The largest absolute Gasteiger partial charge is 0.481 e. The van der Waals surface area contributed by atoms with E-state index in [1.165, 1.54) is 6.07 Å². The van der Waals surface area contributed by atoms with Gasteiger partial charge in [-0.1, -0.05) is 65.8 Å². The molecule has 6 heteroatoms. The molecule has 1 heterocycles. The fraction of sp³-hybridized carbons (Fsp3) is 0.290. The maximum Gasteiger partial charge on any atom is 0.304 e. The van der Waals surface area contributed by atoms with Crippen molar-refractivity contribution < 1.29 is 18.8 Å². The predicted molar refractivity (Wildman–Crippen MR) is 143 cm³/mol. The normalized spacial score (nSPS) is 13.9. The Morgan fingerprint density at radius 2 is 1.68 bits per heavy atom. The van der Waals surface area contributed by atoms with E-state index in [1.807, 2.05) is 32.2 Å². The Hall–Kier alpha value is -3.93. The van der Waals surface area contributed by atoms with E-state index in [0.29, 0.717) is 0 Å². The molecule has 4 aromatic rings. The Labute approximate surface area is 216 Å². The van der Waals surface area contributed by atoms with Crippen LogP contribution in [0.3, 0.4) is 0 Å². The van der Waals surface area contributed by atoms with Crippen LogP contribution < -0.4 is 4.90 Å². The summed E-state index contributed by atoms with van der Waals surface area (Å²) in [6.07, 6.45) is 3.75. The van der Waals surface area contributed by atoms with Gasteiger partial charge in [0.05, 0.1) is 6.42 Å². The van der Waals surface area contributed by atoms with Gasteiger partial charge < -0.3 is 14.5 Å². The highest BCUT2D eigenvalue weighted by Gasteiger charge is 2.45. The smallest absolute Gasteiger partial charge is 0.304 e. The number of carboxylic acid groups (broad SMARTS) is 1. The summed E-state index contributed by atoms with van der Waals surface area (Å²) in [6.45, 7) is 2.73. The average Bonchev–Trinajstić information content (AvgIpc) is 3.55. The minimum absolute atomic E-state index is 0.182. The van der Waals surface area contributed by atoms with E-state index in [4.69, 9.17) is 4.52 Å². The van der Waals surface area contributed by atoms with Crippen molar-refractivity contribution in [2.45, 2.75) is 44.4 Å². The molecule has 0 radical (unpaired) electrons. The van der Waals surface area contributed by atoms with E-state index in [0.717, 1.165) is 77.2 Å². The number of hydrogen-bond donors (Lipinski definition) is 1. The van der Waals surface area contributed by atoms with Crippen LogP contribution in [-0.4, -0.2) is 29.8 Å². The van der Waals surface area contributed by atoms with Gasteiger partial charge in [-0.2, -0.15) is 0 Å². The van der Waals surface area contributed by atoms with Crippen LogP contribution in [-0.2, 0) is 16.6 Å². The first-order chi connectivity index (χ1) is 17.8. The highest BCUT2D eigenvalue weighted by Crippen LogP contribution is 2.51. The average molecular weight is 499 g/mol. The molecule has 1 aromatic heterocycles. The zero-order chi connectivity index (χ0) is 26.0. The van der Waals surface area contributed by atoms with E-state index < -0.39 is 5.97 Å². The van der Waals surface area contributed by atoms with Crippen molar-refractivity contribution in [3.8, 4) is 22.5 Å². The van der Waals surface area contributed by atoms with Crippen molar-refractivity contribution in [3.63, 3.8) is 0 Å². The van der Waals surface area contributed by atoms with Crippen molar-refractivity contribution in [3.05, 3.63) is 95.4 Å². The van der Waals surface area contributed by atoms with E-state index in [2.05, 4.69) is 46.5 Å². The summed E-state index contributed by atoms with van der Waals surface area (Å²) in [5, 5.41) is 13.5. The van der Waals surface area contributed by atoms with Gasteiger partial charge in [0.15, 0.2) is 5.76 Å². The molecular formula is C31H31FN2O3. The Kier molecular flexibility index (Phi) is 6.83. The summed E-state index contributed by atoms with van der Waals surface area (Å²) in [4.78, 5) is 13.4. The number of anilines is 1. The van der Waals surface area contributed by atoms with Crippen molar-refractivity contribution in [1.82, 2.24) is 5.16 Å². The second kappa shape index (κ2) is 10.2. The predicted octanol–water partition coefficient (Wildman–Crippen LogP) is 7.03. The highest BCUT2D eigenvalue weighted by molar-refractivity contribution is 5.77. The highest BCUT2D eigenvalue weighted by atomic mass is 19.1. The lowest BCUT2D eigenvalue weighted by Crippen LogP contribution is -2.20. The van der Waals surface area contributed by atoms with Crippen molar-refractivity contribution in [2.75, 3.05) is 18.5 Å². The number of nitrogens with zero attached hydrogens (tertiary/aromatic N) is 2. The van der Waals surface area contributed by atoms with Gasteiger partial charge in [-0.15, -0.1) is 0 Å². The molecule has 0 spiro atoms. The SMILES string of the molecule is Cc1noc(-c2ccc(-c3ccc(C4(CC(=O)O)CC4)cc3)cc2)c1N(C)CCCc1cccc(F)c1. The summed E-state index contributed by atoms with van der Waals surface area (Å²) >= 11 is 0. The summed E-state index contributed by atoms with van der Waals surface area (Å²) in [7, 11) is 2.03. The minimum atomic E-state index is -0.739. The summed E-state index contributed by atoms with van der Waals surface area (Å²) in [5.74, 6) is -0.208. The number of halogens is 1. The summed E-state index contributed by atoms with van der Waals surface area (Å²) in [6, 6.07) is 23.3. The fourth-order valence-corrected chi connectivity index (χ4v) is 5.17. The molecular weight excluding hydrogens is 467 g/mol. The number of aryl methyl sites for hydroxylation is 2. The van der Waals surface area contributed by atoms with Crippen LogP contribution in [0.5, 0.6) is 0 Å². The molecule has 1 aliphatic carbocycles. The van der Waals surface area contributed by atoms with Gasteiger partial charge in [-0.25, -0.2) is 4.39 Å². The number of carbonyl (C=O) groups is 1. The van der Waals surface area contributed by atoms with Crippen LogP contribution in [0.4, 0.5) is 10.1 Å². The quantitative estimate of drug-likeness (QED) is 0.254. The second-order valence-electron chi connectivity index (χ2n) is 10.1. The van der Waals surface area contributed by atoms with Crippen LogP contribution in [0, 0.1) is 12.7 Å². The molecule has 0 saturated heterocycles. The summed E-state index contributed by atoms with van der Waals surface area (Å²) in [5.41, 5.74) is 6.84. The first-order valence-corrected chi connectivity index (χ1v) is 12.7. The van der Waals surface area contributed by atoms with E-state index in [-0.39, 0.29) is 17.7 Å². The van der Waals surface area contributed by atoms with Gasteiger partial charge in [0, 0.05) is 24.6 Å². The first-order valence-electron chi connectivity index (χ1n) is 12.7. The molecule has 1 fully saturated rings. The summed E-state index contributed by atoms with van der Waals surface area (Å²) < 4.78 is 19.2. The molecule has 3 aromatic carbocycles. The second-order valence-corrected chi connectivity index (χ2v) is 10.1. The third kappa shape index (κ3) is 5.43. The molecule has 0 amide bonds. The Morgan fingerprint density at radius 3 is 2.30 bits per heavy atom. The number of aliphatic carboxylic acids is 1. The molecule has 1 N–H and O–H groups in total. The molecule has 37 heavy (non-hydrogen) atoms. The van der Waals surface area contributed by atoms with Gasteiger partial charge in [0.2, 0.25) is 0 Å². The molecule has 190 valence electrons. The molecule has 0 bridgehead atoms. The number of carboxylic acids is 1. The zero-order valence-electron chi connectivity index (χ0n) is 21.2. The standard InChI is InChI=1S/C31H31FN2O3/c1-21-29(34(2)18-4-6-22-5-3-7-27(32)19-22)30(37-33-21)25-10-8-23(9-11-25)24-12-14-26(15-13-24)31(16-17-31)20-28(35)36/h3,5,7-15,19H,4,6,16-18,20H2,1-2H3,(H,35,36). The lowest BCUT2D eigenvalue weighted by molar-refractivity contribution is -0.137. The topological polar surface area (TPSA) is 66.6 Å². The maximum atomic E-state index is 13.5. The molecule has 0 atom stereocenters. The number of rotatable bonds is 10. The molecule has 1 aliphatic rings. The molecule has 0 aliphatic heterocycles. The van der Waals surface area contributed by atoms with E-state index >= 15 is 0 Å². The molecule has 1 saturated carbocycles. The third-order valence-electron chi connectivity index (χ3n) is 7.38. The Balaban J connectivity index is 1.27. The van der Waals surface area contributed by atoms with Crippen LogP contribution in [0.25, 0.3) is 22.5 Å². The number of hydrogen-bond acceptors (Lipinski definition) is 4. The number of aromatic nitrogens is 1. The Morgan fingerprint density at radius 1 is 1.03 bits per heavy atom. The Bertz CT molecular complexity index is 1390. The lowest BCUT2D eigenvalue weighted by Gasteiger charge is -2.19. The van der Waals surface area contributed by atoms with Crippen LogP contribution in [0.15, 0.2) is 77.3 Å². The molecule has 5 nitrogen and oxygen atoms in total. The fourth-order valence-electron chi connectivity index (χ4n) is 5.17. The zero-order valence-corrected chi connectivity index (χ0v) is 21.2. The molecule has 5 rings (SSSR count). The number of benzene rings is 3. The van der Waals surface area contributed by atoms with Gasteiger partial charge in [0.1, 0.15) is 17.2 Å². The maximum absolute atomic E-state index is 13.5. The van der Waals surface area contributed by atoms with E-state index in [1.54, 1.807) is 12.1 Å². The minimum Gasteiger partial charge on any atom is -0.481 e. The van der Waals surface area contributed by atoms with Gasteiger partial charge in [0.25, 0.3) is 0 Å². The van der Waals surface area contributed by atoms with Crippen molar-refractivity contribution >= 4 is 11.7 Å². The van der Waals surface area contributed by atoms with Gasteiger partial charge in [-0.05, 0) is 67.0 Å². The van der Waals surface area contributed by atoms with Crippen molar-refractivity contribution in [1.29, 1.82) is 0 Å². The lowest BCUT2D eigenvalue weighted by atomic mass is 9.91. The van der Waals surface area contributed by atoms with Crippen LogP contribution in [0.2, 0.25) is 0 Å². The van der Waals surface area contributed by atoms with Gasteiger partial charge >= 0.3 is 5.97 Å². The van der Waals surface area contributed by atoms with Crippen LogP contribution >= 0.6 is 0 Å². The van der Waals surface area contributed by atoms with Gasteiger partial charge in [-0.3, -0.25) is 4.79 Å². The third-order valence-corrected chi connectivity index (χ3v) is 7.38. The molecule has 0 unspecified atom stereocenters.